The van der Waals surface area contributed by atoms with Crippen molar-refractivity contribution in [3.63, 3.8) is 0 Å². The molecule has 0 aromatic heterocycles. The van der Waals surface area contributed by atoms with Crippen LogP contribution in [0.4, 0.5) is 0 Å². The molecule has 0 radical (unpaired) electrons. The number of carbonyl (C=O) groups is 1. The van der Waals surface area contributed by atoms with Crippen LogP contribution in [-0.2, 0) is 4.79 Å². The minimum Gasteiger partial charge on any atom is -0.271 e. The quantitative estimate of drug-likeness (QED) is 0.705. The van der Waals surface area contributed by atoms with E-state index in [1.165, 1.54) is 11.8 Å². The normalized spacial score (nSPS) is 19.6. The van der Waals surface area contributed by atoms with E-state index in [-0.39, 0.29) is 5.91 Å². The maximum absolute atomic E-state index is 11.5. The monoisotopic (exact) mass is 205 g/mol. The summed E-state index contributed by atoms with van der Waals surface area (Å²) in [5, 5.41) is 0.834. The van der Waals surface area contributed by atoms with Crippen LogP contribution in [0.3, 0.4) is 0 Å². The maximum Gasteiger partial charge on any atom is 0.262 e. The molecule has 0 aliphatic carbocycles. The largest absolute Gasteiger partial charge is 0.271 e. The van der Waals surface area contributed by atoms with E-state index in [0.29, 0.717) is 0 Å². The Labute approximate surface area is 87.4 Å². The number of aliphatic imine (C=N–C) groups is 1. The molecule has 1 amide bonds. The predicted octanol–water partition coefficient (Wildman–Crippen LogP) is 2.49. The zero-order chi connectivity index (χ0) is 10.2. The predicted molar refractivity (Wildman–Crippen MR) is 59.7 cm³/mol. The van der Waals surface area contributed by atoms with Gasteiger partial charge in [-0.15, -0.1) is 0 Å². The lowest BCUT2D eigenvalue weighted by atomic mass is 10.2. The van der Waals surface area contributed by atoms with Crippen LogP contribution >= 0.6 is 11.8 Å². The zero-order valence-electron chi connectivity index (χ0n) is 8.15. The average molecular weight is 205 g/mol. The second-order valence-corrected chi connectivity index (χ2v) is 5.31. The van der Waals surface area contributed by atoms with Crippen molar-refractivity contribution in [2.45, 2.75) is 18.6 Å². The van der Waals surface area contributed by atoms with Gasteiger partial charge < -0.3 is 0 Å². The number of benzene rings is 1. The Hall–Kier alpha value is -1.09. The molecule has 0 atom stereocenters. The topological polar surface area (TPSA) is 29.4 Å². The van der Waals surface area contributed by atoms with Crippen molar-refractivity contribution < 1.29 is 4.79 Å². The first-order valence-corrected chi connectivity index (χ1v) is 5.29. The van der Waals surface area contributed by atoms with Crippen LogP contribution in [0.1, 0.15) is 19.4 Å². The Kier molecular flexibility index (Phi) is 2.19. The van der Waals surface area contributed by atoms with Crippen molar-refractivity contribution in [1.82, 2.24) is 0 Å². The molecule has 14 heavy (non-hydrogen) atoms. The summed E-state index contributed by atoms with van der Waals surface area (Å²) in [6, 6.07) is 9.81. The molecule has 0 saturated carbocycles. The SMILES string of the molecule is CC1(C)SC(c2ccccc2)=NC1=O. The van der Waals surface area contributed by atoms with Crippen LogP contribution in [-0.4, -0.2) is 15.7 Å². The highest BCUT2D eigenvalue weighted by Gasteiger charge is 2.36. The van der Waals surface area contributed by atoms with Crippen LogP contribution in [0, 0.1) is 0 Å². The Morgan fingerprint density at radius 1 is 1.21 bits per heavy atom. The van der Waals surface area contributed by atoms with Crippen molar-refractivity contribution in [2.24, 2.45) is 4.99 Å². The van der Waals surface area contributed by atoms with Gasteiger partial charge in [0.1, 0.15) is 5.04 Å². The molecule has 0 fully saturated rings. The van der Waals surface area contributed by atoms with E-state index in [4.69, 9.17) is 0 Å². The van der Waals surface area contributed by atoms with Gasteiger partial charge in [0.15, 0.2) is 0 Å². The highest BCUT2D eigenvalue weighted by Crippen LogP contribution is 2.35. The summed E-state index contributed by atoms with van der Waals surface area (Å²) < 4.78 is -0.398. The summed E-state index contributed by atoms with van der Waals surface area (Å²) >= 11 is 1.53. The van der Waals surface area contributed by atoms with E-state index in [0.717, 1.165) is 10.6 Å². The summed E-state index contributed by atoms with van der Waals surface area (Å²) in [6.07, 6.45) is 0. The van der Waals surface area contributed by atoms with Gasteiger partial charge in [-0.3, -0.25) is 4.79 Å². The molecule has 2 nitrogen and oxygen atoms in total. The standard InChI is InChI=1S/C11H11NOS/c1-11(2)10(13)12-9(14-11)8-6-4-3-5-7-8/h3-7H,1-2H3. The number of carbonyl (C=O) groups excluding carboxylic acids is 1. The van der Waals surface area contributed by atoms with Crippen LogP contribution in [0.15, 0.2) is 35.3 Å². The summed E-state index contributed by atoms with van der Waals surface area (Å²) in [5.41, 5.74) is 1.02. The number of rotatable bonds is 1. The first-order valence-electron chi connectivity index (χ1n) is 4.47. The van der Waals surface area contributed by atoms with Gasteiger partial charge in [0.25, 0.3) is 5.91 Å². The number of thioether (sulfide) groups is 1. The van der Waals surface area contributed by atoms with Crippen molar-refractivity contribution in [2.75, 3.05) is 0 Å². The van der Waals surface area contributed by atoms with E-state index in [1.807, 2.05) is 44.2 Å². The zero-order valence-corrected chi connectivity index (χ0v) is 8.97. The van der Waals surface area contributed by atoms with Gasteiger partial charge in [0.2, 0.25) is 0 Å². The molecular formula is C11H11NOS. The number of hydrogen-bond acceptors (Lipinski definition) is 2. The molecule has 1 heterocycles. The maximum atomic E-state index is 11.5. The van der Waals surface area contributed by atoms with E-state index in [9.17, 15) is 4.79 Å². The fraction of sp³-hybridized carbons (Fsp3) is 0.273. The van der Waals surface area contributed by atoms with Crippen molar-refractivity contribution >= 4 is 22.7 Å². The summed E-state index contributed by atoms with van der Waals surface area (Å²) in [4.78, 5) is 15.5. The fourth-order valence-corrected chi connectivity index (χ4v) is 2.24. The lowest BCUT2D eigenvalue weighted by molar-refractivity contribution is -0.119. The minimum atomic E-state index is -0.398. The van der Waals surface area contributed by atoms with Gasteiger partial charge in [-0.05, 0) is 13.8 Å². The van der Waals surface area contributed by atoms with Crippen molar-refractivity contribution in [3.05, 3.63) is 35.9 Å². The Bertz CT molecular complexity index is 395. The molecule has 1 aliphatic rings. The third kappa shape index (κ3) is 1.60. The highest BCUT2D eigenvalue weighted by atomic mass is 32.2. The first kappa shape index (κ1) is 9.46. The smallest absolute Gasteiger partial charge is 0.262 e. The third-order valence-corrected chi connectivity index (χ3v) is 3.30. The van der Waals surface area contributed by atoms with E-state index in [2.05, 4.69) is 4.99 Å². The Morgan fingerprint density at radius 3 is 2.36 bits per heavy atom. The lowest BCUT2D eigenvalue weighted by Crippen LogP contribution is -2.21. The lowest BCUT2D eigenvalue weighted by Gasteiger charge is -2.11. The minimum absolute atomic E-state index is 0.0404. The van der Waals surface area contributed by atoms with Gasteiger partial charge in [0.05, 0.1) is 4.75 Å². The van der Waals surface area contributed by atoms with Crippen LogP contribution < -0.4 is 0 Å². The second kappa shape index (κ2) is 3.24. The number of amides is 1. The number of nitrogens with zero attached hydrogens (tertiary/aromatic N) is 1. The number of hydrogen-bond donors (Lipinski definition) is 0. The first-order chi connectivity index (χ1) is 6.59. The molecule has 72 valence electrons. The molecule has 1 aromatic carbocycles. The summed E-state index contributed by atoms with van der Waals surface area (Å²) in [6.45, 7) is 3.80. The van der Waals surface area contributed by atoms with E-state index in [1.54, 1.807) is 0 Å². The van der Waals surface area contributed by atoms with Gasteiger partial charge in [-0.1, -0.05) is 42.1 Å². The summed E-state index contributed by atoms with van der Waals surface area (Å²) in [7, 11) is 0. The molecule has 0 saturated heterocycles. The molecule has 2 rings (SSSR count). The van der Waals surface area contributed by atoms with Crippen LogP contribution in [0.25, 0.3) is 0 Å². The molecule has 0 bridgehead atoms. The van der Waals surface area contributed by atoms with Crippen LogP contribution in [0.2, 0.25) is 0 Å². The molecule has 0 unspecified atom stereocenters. The van der Waals surface area contributed by atoms with E-state index < -0.39 is 4.75 Å². The van der Waals surface area contributed by atoms with Gasteiger partial charge in [-0.25, -0.2) is 4.99 Å². The van der Waals surface area contributed by atoms with E-state index >= 15 is 0 Å². The Morgan fingerprint density at radius 2 is 1.86 bits per heavy atom. The highest BCUT2D eigenvalue weighted by molar-refractivity contribution is 8.16. The molecule has 0 N–H and O–H groups in total. The van der Waals surface area contributed by atoms with Crippen molar-refractivity contribution in [1.29, 1.82) is 0 Å². The summed E-state index contributed by atoms with van der Waals surface area (Å²) in [5.74, 6) is -0.0404. The van der Waals surface area contributed by atoms with Crippen LogP contribution in [0.5, 0.6) is 0 Å². The van der Waals surface area contributed by atoms with Gasteiger partial charge >= 0.3 is 0 Å². The van der Waals surface area contributed by atoms with Gasteiger partial charge in [0, 0.05) is 5.56 Å². The molecule has 1 aliphatic heterocycles. The Balaban J connectivity index is 2.33. The molecule has 1 aromatic rings. The molecule has 0 spiro atoms. The molecular weight excluding hydrogens is 194 g/mol. The van der Waals surface area contributed by atoms with Crippen molar-refractivity contribution in [3.8, 4) is 0 Å². The molecule has 3 heteroatoms. The average Bonchev–Trinajstić information content (AvgIpc) is 2.43. The fourth-order valence-electron chi connectivity index (χ4n) is 1.24. The third-order valence-electron chi connectivity index (χ3n) is 2.09. The second-order valence-electron chi connectivity index (χ2n) is 3.70. The van der Waals surface area contributed by atoms with Gasteiger partial charge in [-0.2, -0.15) is 0 Å².